The molecule has 2 N–H and O–H groups in total. The number of nitrogens with one attached hydrogen (secondary N) is 1. The Morgan fingerprint density at radius 3 is 2.33 bits per heavy atom. The van der Waals surface area contributed by atoms with Gasteiger partial charge in [-0.3, -0.25) is 4.55 Å². The molecule has 1 fully saturated rings. The molecule has 3 atom stereocenters. The maximum atomic E-state index is 11.4. The Morgan fingerprint density at radius 2 is 1.55 bits per heavy atom. The average molecular weight is 592 g/mol. The van der Waals surface area contributed by atoms with Gasteiger partial charge in [0, 0.05) is 31.3 Å². The van der Waals surface area contributed by atoms with Crippen molar-refractivity contribution in [3.8, 4) is 5.75 Å². The van der Waals surface area contributed by atoms with E-state index in [1.54, 1.807) is 0 Å². The number of benzene rings is 4. The van der Waals surface area contributed by atoms with Crippen molar-refractivity contribution in [1.82, 2.24) is 5.32 Å². The van der Waals surface area contributed by atoms with E-state index in [1.165, 1.54) is 5.39 Å². The fourth-order valence-corrected chi connectivity index (χ4v) is 5.73. The molecule has 222 valence electrons. The summed E-state index contributed by atoms with van der Waals surface area (Å²) in [4.78, 5) is 0. The van der Waals surface area contributed by atoms with Gasteiger partial charge < -0.3 is 19.5 Å². The van der Waals surface area contributed by atoms with Gasteiger partial charge in [-0.05, 0) is 45.7 Å². The first-order valence-corrected chi connectivity index (χ1v) is 15.6. The molecule has 1 saturated heterocycles. The second-order valence-electron chi connectivity index (χ2n) is 10.5. The van der Waals surface area contributed by atoms with Gasteiger partial charge in [0.1, 0.15) is 5.75 Å². The smallest absolute Gasteiger partial charge is 0.397 e. The molecule has 42 heavy (non-hydrogen) atoms. The van der Waals surface area contributed by atoms with Crippen molar-refractivity contribution in [2.24, 2.45) is 5.92 Å². The molecule has 1 heterocycles. The van der Waals surface area contributed by atoms with Crippen LogP contribution in [0.3, 0.4) is 0 Å². The number of piperidine rings is 1. The Morgan fingerprint density at radius 1 is 0.786 bits per heavy atom. The van der Waals surface area contributed by atoms with Crippen LogP contribution in [0.1, 0.15) is 29.0 Å². The zero-order chi connectivity index (χ0) is 29.2. The first-order chi connectivity index (χ1) is 20.4. The summed E-state index contributed by atoms with van der Waals surface area (Å²) in [5, 5.41) is 5.65. The average Bonchev–Trinajstić information content (AvgIpc) is 3.01. The summed E-state index contributed by atoms with van der Waals surface area (Å²) in [6.45, 7) is 3.09. The highest BCUT2D eigenvalue weighted by Gasteiger charge is 2.36. The van der Waals surface area contributed by atoms with Crippen LogP contribution >= 0.6 is 0 Å². The minimum Gasteiger partial charge on any atom is -0.494 e. The maximum Gasteiger partial charge on any atom is 0.397 e. The van der Waals surface area contributed by atoms with Gasteiger partial charge in [-0.1, -0.05) is 78.9 Å². The van der Waals surface area contributed by atoms with Crippen molar-refractivity contribution < 1.29 is 31.4 Å². The second kappa shape index (κ2) is 14.7. The van der Waals surface area contributed by atoms with Gasteiger partial charge in [-0.15, -0.1) is 0 Å². The van der Waals surface area contributed by atoms with E-state index in [1.807, 2.05) is 66.7 Å². The van der Waals surface area contributed by atoms with Gasteiger partial charge in [-0.2, -0.15) is 8.42 Å². The van der Waals surface area contributed by atoms with Crippen molar-refractivity contribution in [2.75, 3.05) is 32.9 Å². The first kappa shape index (κ1) is 30.2. The quantitative estimate of drug-likeness (QED) is 0.146. The summed E-state index contributed by atoms with van der Waals surface area (Å²) >= 11 is 0. The Labute approximate surface area is 247 Å². The summed E-state index contributed by atoms with van der Waals surface area (Å²) in [5.74, 6) is 0.347. The van der Waals surface area contributed by atoms with E-state index < -0.39 is 10.4 Å². The van der Waals surface area contributed by atoms with Crippen molar-refractivity contribution in [1.29, 1.82) is 0 Å². The number of ether oxygens (including phenoxy) is 3. The highest BCUT2D eigenvalue weighted by molar-refractivity contribution is 7.80. The van der Waals surface area contributed by atoms with Crippen molar-refractivity contribution >= 4 is 21.2 Å². The van der Waals surface area contributed by atoms with Crippen LogP contribution in [0.25, 0.3) is 10.8 Å². The van der Waals surface area contributed by atoms with E-state index in [9.17, 15) is 13.0 Å². The van der Waals surface area contributed by atoms with E-state index in [4.69, 9.17) is 18.4 Å². The Kier molecular flexibility index (Phi) is 10.6. The molecule has 0 aliphatic carbocycles. The SMILES string of the molecule is O=S(=O)(O)OC[C@@H]1CNC[C@H](OCc2ccc3ccccc3c2)[C@H]1c1ccc(OCCCOCc2ccccc2)cc1. The van der Waals surface area contributed by atoms with Gasteiger partial charge in [-0.25, -0.2) is 4.18 Å². The van der Waals surface area contributed by atoms with Crippen LogP contribution in [0.2, 0.25) is 0 Å². The lowest BCUT2D eigenvalue weighted by Crippen LogP contribution is -2.48. The fourth-order valence-electron chi connectivity index (χ4n) is 5.39. The topological polar surface area (TPSA) is 103 Å². The van der Waals surface area contributed by atoms with Crippen LogP contribution in [-0.4, -0.2) is 52.0 Å². The molecule has 0 aromatic heterocycles. The molecule has 0 amide bonds. The molecule has 5 rings (SSSR count). The predicted octanol–water partition coefficient (Wildman–Crippen LogP) is 5.53. The number of hydrogen-bond donors (Lipinski definition) is 2. The number of fused-ring (bicyclic) bond motifs is 1. The third-order valence-corrected chi connectivity index (χ3v) is 7.88. The lowest BCUT2D eigenvalue weighted by molar-refractivity contribution is -0.0134. The minimum atomic E-state index is -4.56. The van der Waals surface area contributed by atoms with Gasteiger partial charge in [0.15, 0.2) is 0 Å². The van der Waals surface area contributed by atoms with E-state index >= 15 is 0 Å². The Bertz CT molecular complexity index is 1510. The van der Waals surface area contributed by atoms with Crippen LogP contribution in [0.4, 0.5) is 0 Å². The molecule has 9 heteroatoms. The highest BCUT2D eigenvalue weighted by atomic mass is 32.3. The zero-order valence-electron chi connectivity index (χ0n) is 23.4. The standard InChI is InChI=1S/C33H37NO7S/c35-42(36,37)41-24-30-20-34-21-32(40-23-26-11-12-27-9-4-5-10-29(27)19-26)33(30)28-13-15-31(16-14-28)39-18-6-17-38-22-25-7-2-1-3-8-25/h1-5,7-16,19,30,32-34H,6,17-18,20-24H2,(H,35,36,37)/t30-,32-,33-/m0/s1. The summed E-state index contributed by atoms with van der Waals surface area (Å²) in [5.41, 5.74) is 3.19. The van der Waals surface area contributed by atoms with Crippen molar-refractivity contribution in [3.05, 3.63) is 114 Å². The molecule has 0 radical (unpaired) electrons. The van der Waals surface area contributed by atoms with Gasteiger partial charge in [0.25, 0.3) is 0 Å². The molecule has 4 aromatic carbocycles. The van der Waals surface area contributed by atoms with Crippen LogP contribution in [-0.2, 0) is 37.3 Å². The third kappa shape index (κ3) is 8.84. The fraction of sp³-hybridized carbons (Fsp3) is 0.333. The summed E-state index contributed by atoms with van der Waals surface area (Å²) in [7, 11) is -4.56. The minimum absolute atomic E-state index is 0.158. The Hall–Kier alpha value is -3.31. The van der Waals surface area contributed by atoms with Crippen LogP contribution in [0, 0.1) is 5.92 Å². The lowest BCUT2D eigenvalue weighted by atomic mass is 9.79. The number of hydrogen-bond acceptors (Lipinski definition) is 7. The molecular formula is C33H37NO7S. The van der Waals surface area contributed by atoms with E-state index in [0.717, 1.165) is 34.2 Å². The maximum absolute atomic E-state index is 11.4. The second-order valence-corrected chi connectivity index (χ2v) is 11.6. The molecule has 4 aromatic rings. The Balaban J connectivity index is 1.20. The first-order valence-electron chi connectivity index (χ1n) is 14.2. The van der Waals surface area contributed by atoms with E-state index in [2.05, 4.69) is 35.6 Å². The van der Waals surface area contributed by atoms with Gasteiger partial charge in [0.2, 0.25) is 0 Å². The molecule has 1 aliphatic heterocycles. The van der Waals surface area contributed by atoms with Crippen LogP contribution in [0.15, 0.2) is 97.1 Å². The summed E-state index contributed by atoms with van der Waals surface area (Å²) in [6.07, 6.45) is 0.525. The summed E-state index contributed by atoms with van der Waals surface area (Å²) < 4.78 is 54.8. The van der Waals surface area contributed by atoms with E-state index in [0.29, 0.717) is 39.5 Å². The molecule has 0 unspecified atom stereocenters. The zero-order valence-corrected chi connectivity index (χ0v) is 24.2. The molecule has 0 saturated carbocycles. The summed E-state index contributed by atoms with van der Waals surface area (Å²) in [6, 6.07) is 32.3. The number of rotatable bonds is 14. The molecule has 1 aliphatic rings. The van der Waals surface area contributed by atoms with Crippen LogP contribution < -0.4 is 10.1 Å². The van der Waals surface area contributed by atoms with Gasteiger partial charge >= 0.3 is 10.4 Å². The predicted molar refractivity (Wildman–Crippen MR) is 162 cm³/mol. The molecular weight excluding hydrogens is 554 g/mol. The van der Waals surface area contributed by atoms with Gasteiger partial charge in [0.05, 0.1) is 39.1 Å². The van der Waals surface area contributed by atoms with E-state index in [-0.39, 0.29) is 24.5 Å². The highest BCUT2D eigenvalue weighted by Crippen LogP contribution is 2.34. The van der Waals surface area contributed by atoms with Crippen molar-refractivity contribution in [3.63, 3.8) is 0 Å². The van der Waals surface area contributed by atoms with Crippen molar-refractivity contribution in [2.45, 2.75) is 31.7 Å². The molecule has 0 spiro atoms. The normalized spacial score (nSPS) is 19.1. The third-order valence-electron chi connectivity index (χ3n) is 7.45. The van der Waals surface area contributed by atoms with Crippen LogP contribution in [0.5, 0.6) is 5.75 Å². The molecule has 8 nitrogen and oxygen atoms in total. The monoisotopic (exact) mass is 591 g/mol. The largest absolute Gasteiger partial charge is 0.494 e. The molecule has 0 bridgehead atoms. The lowest BCUT2D eigenvalue weighted by Gasteiger charge is -2.38.